The van der Waals surface area contributed by atoms with Gasteiger partial charge in [-0.15, -0.1) is 0 Å². The summed E-state index contributed by atoms with van der Waals surface area (Å²) in [6.07, 6.45) is 13.8. The zero-order chi connectivity index (χ0) is 22.6. The molecule has 0 heterocycles. The van der Waals surface area contributed by atoms with E-state index in [1.165, 1.54) is 92.0 Å². The lowest BCUT2D eigenvalue weighted by Gasteiger charge is -2.28. The minimum Gasteiger partial charge on any atom is -0.0622 e. The van der Waals surface area contributed by atoms with Crippen molar-refractivity contribution in [2.45, 2.75) is 95.8 Å². The summed E-state index contributed by atoms with van der Waals surface area (Å²) >= 11 is 0. The van der Waals surface area contributed by atoms with Crippen LogP contribution in [0.15, 0.2) is 66.7 Å². The van der Waals surface area contributed by atoms with Crippen molar-refractivity contribution in [1.29, 1.82) is 0 Å². The van der Waals surface area contributed by atoms with E-state index in [-0.39, 0.29) is 0 Å². The molecular weight excluding hydrogens is 396 g/mol. The molecule has 0 saturated heterocycles. The minimum absolute atomic E-state index is 0.304. The number of aryl methyl sites for hydroxylation is 2. The van der Waals surface area contributed by atoms with Crippen molar-refractivity contribution in [2.24, 2.45) is 0 Å². The monoisotopic (exact) mass is 436 g/mol. The Morgan fingerprint density at radius 3 is 1.45 bits per heavy atom. The zero-order valence-corrected chi connectivity index (χ0v) is 20.7. The molecule has 3 aromatic carbocycles. The topological polar surface area (TPSA) is 0 Å². The maximum absolute atomic E-state index is 2.58. The number of hydrogen-bond acceptors (Lipinski definition) is 0. The summed E-state index contributed by atoms with van der Waals surface area (Å²) in [6, 6.07) is 26.0. The van der Waals surface area contributed by atoms with Crippen LogP contribution in [0, 0.1) is 13.8 Å². The second-order valence-electron chi connectivity index (χ2n) is 10.7. The first-order valence-electron chi connectivity index (χ1n) is 13.5. The molecular formula is C33H40. The van der Waals surface area contributed by atoms with Gasteiger partial charge in [0.1, 0.15) is 0 Å². The molecule has 0 unspecified atom stereocenters. The highest BCUT2D eigenvalue weighted by atomic mass is 14.3. The normalized spacial score (nSPS) is 18.0. The standard InChI is InChI=1S/C33H40/c1-24-18-20-29(26-12-6-3-7-13-26)22-31(24)33(28-16-10-5-11-17-28)32-23-30(21-19-25(32)2)27-14-8-4-9-15-27/h5,10-11,16-23,26-27,33H,3-4,6-9,12-15H2,1-2H3. The van der Waals surface area contributed by atoms with Gasteiger partial charge in [-0.05, 0) is 90.3 Å². The van der Waals surface area contributed by atoms with Gasteiger partial charge in [0.05, 0.1) is 0 Å². The molecule has 0 N–H and O–H groups in total. The Kier molecular flexibility index (Phi) is 7.00. The first kappa shape index (κ1) is 22.5. The average Bonchev–Trinajstić information content (AvgIpc) is 2.88. The molecule has 0 aromatic heterocycles. The van der Waals surface area contributed by atoms with E-state index in [1.807, 2.05) is 0 Å². The lowest BCUT2D eigenvalue weighted by molar-refractivity contribution is 0.443. The number of benzene rings is 3. The van der Waals surface area contributed by atoms with E-state index in [1.54, 1.807) is 11.1 Å². The van der Waals surface area contributed by atoms with Gasteiger partial charge in [0, 0.05) is 5.92 Å². The molecule has 2 saturated carbocycles. The Morgan fingerprint density at radius 2 is 1.00 bits per heavy atom. The first-order valence-corrected chi connectivity index (χ1v) is 13.5. The average molecular weight is 437 g/mol. The van der Waals surface area contributed by atoms with Crippen LogP contribution >= 0.6 is 0 Å². The molecule has 5 rings (SSSR count). The molecule has 0 aliphatic heterocycles. The predicted octanol–water partition coefficient (Wildman–Crippen LogP) is 9.58. The fraction of sp³-hybridized carbons (Fsp3) is 0.455. The Balaban J connectivity index is 1.61. The molecule has 2 fully saturated rings. The van der Waals surface area contributed by atoms with Gasteiger partial charge in [0.25, 0.3) is 0 Å². The minimum atomic E-state index is 0.304. The van der Waals surface area contributed by atoms with Crippen molar-refractivity contribution in [2.75, 3.05) is 0 Å². The first-order chi connectivity index (χ1) is 16.2. The Hall–Kier alpha value is -2.34. The van der Waals surface area contributed by atoms with Gasteiger partial charge in [0.15, 0.2) is 0 Å². The molecule has 2 aliphatic rings. The highest BCUT2D eigenvalue weighted by Crippen LogP contribution is 2.41. The summed E-state index contributed by atoms with van der Waals surface area (Å²) < 4.78 is 0. The number of hydrogen-bond donors (Lipinski definition) is 0. The van der Waals surface area contributed by atoms with Gasteiger partial charge in [-0.3, -0.25) is 0 Å². The summed E-state index contributed by atoms with van der Waals surface area (Å²) in [5.74, 6) is 1.78. The van der Waals surface area contributed by atoms with Crippen LogP contribution in [0.4, 0.5) is 0 Å². The summed E-state index contributed by atoms with van der Waals surface area (Å²) in [5, 5.41) is 0. The second kappa shape index (κ2) is 10.3. The van der Waals surface area contributed by atoms with Gasteiger partial charge in [-0.2, -0.15) is 0 Å². The zero-order valence-electron chi connectivity index (χ0n) is 20.7. The van der Waals surface area contributed by atoms with Crippen molar-refractivity contribution in [3.8, 4) is 0 Å². The van der Waals surface area contributed by atoms with Crippen LogP contribution < -0.4 is 0 Å². The van der Waals surface area contributed by atoms with Crippen molar-refractivity contribution in [3.05, 3.63) is 106 Å². The van der Waals surface area contributed by atoms with E-state index in [0.717, 1.165) is 11.8 Å². The number of rotatable bonds is 5. The highest BCUT2D eigenvalue weighted by Gasteiger charge is 2.25. The van der Waals surface area contributed by atoms with Gasteiger partial charge in [-0.1, -0.05) is 105 Å². The van der Waals surface area contributed by atoms with Crippen LogP contribution in [0.5, 0.6) is 0 Å². The summed E-state index contributed by atoms with van der Waals surface area (Å²) in [7, 11) is 0. The van der Waals surface area contributed by atoms with Crippen LogP contribution in [-0.4, -0.2) is 0 Å². The Morgan fingerprint density at radius 1 is 0.545 bits per heavy atom. The van der Waals surface area contributed by atoms with Crippen LogP contribution in [0.25, 0.3) is 0 Å². The van der Waals surface area contributed by atoms with E-state index in [9.17, 15) is 0 Å². The Bertz CT molecular complexity index is 981. The van der Waals surface area contributed by atoms with Crippen molar-refractivity contribution in [1.82, 2.24) is 0 Å². The third-order valence-electron chi connectivity index (χ3n) is 8.51. The lowest BCUT2D eigenvalue weighted by atomic mass is 9.76. The van der Waals surface area contributed by atoms with Crippen molar-refractivity contribution < 1.29 is 0 Å². The SMILES string of the molecule is Cc1ccc(C2CCCCC2)cc1C(c1ccccc1)c1cc(C2CCCCC2)ccc1C. The molecule has 172 valence electrons. The molecule has 0 atom stereocenters. The molecule has 0 nitrogen and oxygen atoms in total. The van der Waals surface area contributed by atoms with Crippen molar-refractivity contribution in [3.63, 3.8) is 0 Å². The molecule has 2 aliphatic carbocycles. The van der Waals surface area contributed by atoms with E-state index in [0.29, 0.717) is 5.92 Å². The molecule has 0 radical (unpaired) electrons. The van der Waals surface area contributed by atoms with Gasteiger partial charge in [-0.25, -0.2) is 0 Å². The smallest absolute Gasteiger partial charge is 0.0345 e. The van der Waals surface area contributed by atoms with Crippen LogP contribution in [0.2, 0.25) is 0 Å². The van der Waals surface area contributed by atoms with Crippen LogP contribution in [0.3, 0.4) is 0 Å². The third-order valence-corrected chi connectivity index (χ3v) is 8.51. The third kappa shape index (κ3) is 4.96. The molecule has 0 bridgehead atoms. The van der Waals surface area contributed by atoms with E-state index in [4.69, 9.17) is 0 Å². The molecule has 3 aromatic rings. The molecule has 0 spiro atoms. The Labute approximate surface area is 201 Å². The van der Waals surface area contributed by atoms with E-state index in [2.05, 4.69) is 80.6 Å². The van der Waals surface area contributed by atoms with Crippen LogP contribution in [0.1, 0.15) is 121 Å². The maximum Gasteiger partial charge on any atom is 0.0345 e. The summed E-state index contributed by atoms with van der Waals surface area (Å²) in [5.41, 5.74) is 10.4. The van der Waals surface area contributed by atoms with Gasteiger partial charge < -0.3 is 0 Å². The largest absolute Gasteiger partial charge is 0.0622 e. The molecule has 0 amide bonds. The van der Waals surface area contributed by atoms with Crippen LogP contribution in [-0.2, 0) is 0 Å². The molecule has 0 heteroatoms. The van der Waals surface area contributed by atoms with Gasteiger partial charge >= 0.3 is 0 Å². The van der Waals surface area contributed by atoms with Crippen molar-refractivity contribution >= 4 is 0 Å². The fourth-order valence-electron chi connectivity index (χ4n) is 6.49. The second-order valence-corrected chi connectivity index (χ2v) is 10.7. The van der Waals surface area contributed by atoms with Gasteiger partial charge in [0.2, 0.25) is 0 Å². The fourth-order valence-corrected chi connectivity index (χ4v) is 6.49. The van der Waals surface area contributed by atoms with E-state index < -0.39 is 0 Å². The summed E-state index contributed by atoms with van der Waals surface area (Å²) in [6.45, 7) is 4.63. The van der Waals surface area contributed by atoms with E-state index >= 15 is 0 Å². The predicted molar refractivity (Wildman–Crippen MR) is 141 cm³/mol. The lowest BCUT2D eigenvalue weighted by Crippen LogP contribution is -2.11. The quantitative estimate of drug-likeness (QED) is 0.349. The highest BCUT2D eigenvalue weighted by molar-refractivity contribution is 5.51. The molecule has 33 heavy (non-hydrogen) atoms. The maximum atomic E-state index is 2.58. The summed E-state index contributed by atoms with van der Waals surface area (Å²) in [4.78, 5) is 0.